The summed E-state index contributed by atoms with van der Waals surface area (Å²) in [7, 11) is 0. The average molecular weight is 356 g/mol. The summed E-state index contributed by atoms with van der Waals surface area (Å²) in [4.78, 5) is 6.67. The van der Waals surface area contributed by atoms with Crippen LogP contribution in [0.2, 0.25) is 0 Å². The lowest BCUT2D eigenvalue weighted by Crippen LogP contribution is -2.33. The van der Waals surface area contributed by atoms with E-state index in [1.807, 2.05) is 12.1 Å². The Bertz CT molecular complexity index is 751. The molecule has 2 aromatic rings. The number of pyridine rings is 1. The molecule has 1 unspecified atom stereocenters. The number of likely N-dealkylation sites (tertiary alicyclic amines) is 1. The highest BCUT2D eigenvalue weighted by Crippen LogP contribution is 2.45. The van der Waals surface area contributed by atoms with Crippen molar-refractivity contribution < 1.29 is 14.6 Å². The maximum absolute atomic E-state index is 13.9. The first-order valence-corrected chi connectivity index (χ1v) is 9.33. The summed E-state index contributed by atoms with van der Waals surface area (Å²) < 4.78 is 13.9. The lowest BCUT2D eigenvalue weighted by atomic mass is 9.91. The number of hydrogen-bond donors (Lipinski definition) is 2. The smallest absolute Gasteiger partial charge is 0.133 e. The molecule has 2 heterocycles. The molecule has 1 aromatic heterocycles. The third-order valence-corrected chi connectivity index (χ3v) is 5.91. The third kappa shape index (κ3) is 3.74. The van der Waals surface area contributed by atoms with E-state index in [0.29, 0.717) is 23.8 Å². The number of aromatic hydroxyl groups is 1. The summed E-state index contributed by atoms with van der Waals surface area (Å²) >= 11 is 0. The molecule has 138 valence electrons. The van der Waals surface area contributed by atoms with Gasteiger partial charge in [0.1, 0.15) is 11.6 Å². The van der Waals surface area contributed by atoms with Gasteiger partial charge in [0.25, 0.3) is 0 Å². The predicted octanol–water partition coefficient (Wildman–Crippen LogP) is 2.78. The zero-order valence-electron chi connectivity index (χ0n) is 14.8. The van der Waals surface area contributed by atoms with Crippen LogP contribution in [0.25, 0.3) is 0 Å². The fourth-order valence-electron chi connectivity index (χ4n) is 4.72. The summed E-state index contributed by atoms with van der Waals surface area (Å²) in [5.74, 6) is 0.943. The van der Waals surface area contributed by atoms with Gasteiger partial charge in [-0.2, -0.15) is 0 Å². The first kappa shape index (κ1) is 17.4. The summed E-state index contributed by atoms with van der Waals surface area (Å²) in [6.45, 7) is 2.92. The fraction of sp³-hybridized carbons (Fsp3) is 0.476. The van der Waals surface area contributed by atoms with Crippen molar-refractivity contribution >= 4 is 0 Å². The van der Waals surface area contributed by atoms with Gasteiger partial charge in [-0.25, -0.2) is 4.39 Å². The average Bonchev–Trinajstić information content (AvgIpc) is 3.11. The van der Waals surface area contributed by atoms with E-state index >= 15 is 0 Å². The van der Waals surface area contributed by atoms with Crippen LogP contribution in [0.1, 0.15) is 24.1 Å². The Morgan fingerprint density at radius 1 is 1.12 bits per heavy atom. The normalized spacial score (nSPS) is 28.4. The van der Waals surface area contributed by atoms with Crippen LogP contribution in [0.3, 0.4) is 0 Å². The van der Waals surface area contributed by atoms with E-state index in [9.17, 15) is 14.6 Å². The van der Waals surface area contributed by atoms with Crippen molar-refractivity contribution in [1.29, 1.82) is 0 Å². The summed E-state index contributed by atoms with van der Waals surface area (Å²) in [6, 6.07) is 10.3. The maximum atomic E-state index is 13.9. The number of hydrogen-bond acceptors (Lipinski definition) is 4. The molecule has 4 nitrogen and oxygen atoms in total. The van der Waals surface area contributed by atoms with Crippen LogP contribution >= 0.6 is 0 Å². The molecule has 0 bridgehead atoms. The number of rotatable bonds is 5. The Labute approximate surface area is 153 Å². The Morgan fingerprint density at radius 3 is 2.50 bits per heavy atom. The largest absolute Gasteiger partial charge is 0.506 e. The topological polar surface area (TPSA) is 56.6 Å². The molecule has 1 saturated carbocycles. The predicted molar refractivity (Wildman–Crippen MR) is 97.3 cm³/mol. The Hall–Kier alpha value is -1.98. The second kappa shape index (κ2) is 6.97. The van der Waals surface area contributed by atoms with Crippen molar-refractivity contribution in [3.8, 4) is 5.75 Å². The first-order valence-electron chi connectivity index (χ1n) is 9.33. The fourth-order valence-corrected chi connectivity index (χ4v) is 4.72. The van der Waals surface area contributed by atoms with E-state index < -0.39 is 5.60 Å². The van der Waals surface area contributed by atoms with Gasteiger partial charge in [0.2, 0.25) is 0 Å². The van der Waals surface area contributed by atoms with Crippen LogP contribution < -0.4 is 0 Å². The van der Waals surface area contributed by atoms with E-state index in [2.05, 4.69) is 9.88 Å². The van der Waals surface area contributed by atoms with Crippen molar-refractivity contribution in [2.75, 3.05) is 19.6 Å². The molecule has 1 saturated heterocycles. The van der Waals surface area contributed by atoms with Gasteiger partial charge in [-0.3, -0.25) is 4.98 Å². The van der Waals surface area contributed by atoms with Crippen LogP contribution in [0.5, 0.6) is 5.75 Å². The van der Waals surface area contributed by atoms with Crippen molar-refractivity contribution in [3.05, 3.63) is 59.7 Å². The van der Waals surface area contributed by atoms with Gasteiger partial charge in [-0.1, -0.05) is 18.2 Å². The van der Waals surface area contributed by atoms with Gasteiger partial charge in [0.05, 0.1) is 11.8 Å². The minimum Gasteiger partial charge on any atom is -0.506 e. The zero-order chi connectivity index (χ0) is 18.1. The van der Waals surface area contributed by atoms with Crippen LogP contribution in [-0.2, 0) is 12.8 Å². The van der Waals surface area contributed by atoms with E-state index in [-0.39, 0.29) is 11.6 Å². The zero-order valence-corrected chi connectivity index (χ0v) is 14.8. The van der Waals surface area contributed by atoms with Gasteiger partial charge < -0.3 is 15.1 Å². The second-order valence-electron chi connectivity index (χ2n) is 7.94. The van der Waals surface area contributed by atoms with Gasteiger partial charge in [-0.05, 0) is 48.4 Å². The lowest BCUT2D eigenvalue weighted by molar-refractivity contribution is 0.0347. The molecule has 1 aromatic carbocycles. The van der Waals surface area contributed by atoms with Crippen molar-refractivity contribution in [2.24, 2.45) is 11.8 Å². The SMILES string of the molecule is Oc1ccc(CCN2C[C@@H]3CC(O)(Cc4ccccc4F)C[C@@H]3C2)nc1. The number of benzene rings is 1. The Morgan fingerprint density at radius 2 is 1.85 bits per heavy atom. The van der Waals surface area contributed by atoms with E-state index in [0.717, 1.165) is 44.6 Å². The second-order valence-corrected chi connectivity index (χ2v) is 7.94. The molecule has 1 aliphatic heterocycles. The van der Waals surface area contributed by atoms with Crippen LogP contribution in [-0.4, -0.2) is 45.3 Å². The first-order chi connectivity index (χ1) is 12.5. The standard InChI is InChI=1S/C21H25FN2O2/c22-20-4-2-1-3-15(20)9-21(26)10-16-13-24(14-17(16)11-21)8-7-18-5-6-19(25)12-23-18/h1-6,12,16-17,25-26H,7-11,13-14H2/t16-,17+,21?. The van der Waals surface area contributed by atoms with E-state index in [1.165, 1.54) is 12.3 Å². The van der Waals surface area contributed by atoms with Crippen molar-refractivity contribution in [1.82, 2.24) is 9.88 Å². The van der Waals surface area contributed by atoms with Gasteiger partial charge in [0, 0.05) is 38.2 Å². The molecule has 3 atom stereocenters. The molecule has 5 heteroatoms. The quantitative estimate of drug-likeness (QED) is 0.865. The van der Waals surface area contributed by atoms with Gasteiger partial charge in [-0.15, -0.1) is 0 Å². The van der Waals surface area contributed by atoms with Gasteiger partial charge in [0.15, 0.2) is 0 Å². The highest BCUT2D eigenvalue weighted by Gasteiger charge is 2.48. The Balaban J connectivity index is 1.31. The molecule has 2 aliphatic rings. The van der Waals surface area contributed by atoms with Crippen molar-refractivity contribution in [2.45, 2.75) is 31.3 Å². The molecule has 4 rings (SSSR count). The van der Waals surface area contributed by atoms with E-state index in [4.69, 9.17) is 0 Å². The summed E-state index contributed by atoms with van der Waals surface area (Å²) in [6.07, 6.45) is 4.25. The molecule has 26 heavy (non-hydrogen) atoms. The number of halogens is 1. The molecule has 0 amide bonds. The Kier molecular flexibility index (Phi) is 4.67. The molecule has 0 spiro atoms. The number of aliphatic hydroxyl groups is 1. The molecule has 0 radical (unpaired) electrons. The molecule has 2 fully saturated rings. The summed E-state index contributed by atoms with van der Waals surface area (Å²) in [5, 5.41) is 20.3. The summed E-state index contributed by atoms with van der Waals surface area (Å²) in [5.41, 5.74) is 0.823. The highest BCUT2D eigenvalue weighted by atomic mass is 19.1. The van der Waals surface area contributed by atoms with Crippen LogP contribution in [0.4, 0.5) is 4.39 Å². The maximum Gasteiger partial charge on any atom is 0.133 e. The minimum absolute atomic E-state index is 0.193. The molecule has 1 aliphatic carbocycles. The number of fused-ring (bicyclic) bond motifs is 1. The monoisotopic (exact) mass is 356 g/mol. The minimum atomic E-state index is -0.776. The molecular weight excluding hydrogens is 331 g/mol. The number of nitrogens with zero attached hydrogens (tertiary/aromatic N) is 2. The number of aromatic nitrogens is 1. The van der Waals surface area contributed by atoms with Gasteiger partial charge >= 0.3 is 0 Å². The van der Waals surface area contributed by atoms with Crippen molar-refractivity contribution in [3.63, 3.8) is 0 Å². The van der Waals surface area contributed by atoms with Crippen LogP contribution in [0.15, 0.2) is 42.6 Å². The molecular formula is C21H25FN2O2. The highest BCUT2D eigenvalue weighted by molar-refractivity contribution is 5.21. The van der Waals surface area contributed by atoms with Crippen LogP contribution in [0, 0.1) is 17.7 Å². The lowest BCUT2D eigenvalue weighted by Gasteiger charge is -2.26. The van der Waals surface area contributed by atoms with E-state index in [1.54, 1.807) is 18.2 Å². The third-order valence-electron chi connectivity index (χ3n) is 5.91. The molecule has 2 N–H and O–H groups in total.